The second-order valence-corrected chi connectivity index (χ2v) is 12.5. The fourth-order valence-corrected chi connectivity index (χ4v) is 7.28. The summed E-state index contributed by atoms with van der Waals surface area (Å²) in [5, 5.41) is 2.27. The zero-order valence-electron chi connectivity index (χ0n) is 24.9. The third-order valence-electron chi connectivity index (χ3n) is 8.60. The lowest BCUT2D eigenvalue weighted by molar-refractivity contribution is 0.958. The first-order valence-electron chi connectivity index (χ1n) is 15.5. The number of benzene rings is 4. The molecular weight excluding hydrogens is 567 g/mol. The Labute approximate surface area is 267 Å². The summed E-state index contributed by atoms with van der Waals surface area (Å²) in [5.41, 5.74) is 11.7. The minimum absolute atomic E-state index is 0.753. The van der Waals surface area contributed by atoms with Gasteiger partial charge in [-0.25, -0.2) is 15.0 Å². The van der Waals surface area contributed by atoms with Crippen LogP contribution in [0.3, 0.4) is 0 Å². The van der Waals surface area contributed by atoms with Gasteiger partial charge in [-0.05, 0) is 59.6 Å². The van der Waals surface area contributed by atoms with E-state index in [1.807, 2.05) is 24.3 Å². The van der Waals surface area contributed by atoms with Crippen molar-refractivity contribution >= 4 is 28.6 Å². The highest BCUT2D eigenvalue weighted by Crippen LogP contribution is 2.34. The number of hydrogen-bond donors (Lipinski definition) is 0. The Kier molecular flexibility index (Phi) is 7.34. The minimum atomic E-state index is 0.753. The van der Waals surface area contributed by atoms with Crippen molar-refractivity contribution in [3.05, 3.63) is 155 Å². The molecule has 0 spiro atoms. The summed E-state index contributed by atoms with van der Waals surface area (Å²) in [5.74, 6) is 0.753. The van der Waals surface area contributed by atoms with Gasteiger partial charge in [-0.2, -0.15) is 0 Å². The molecular formula is C41H31N3S. The van der Waals surface area contributed by atoms with Crippen molar-refractivity contribution in [3.8, 4) is 44.3 Å². The Morgan fingerprint density at radius 2 is 1.07 bits per heavy atom. The summed E-state index contributed by atoms with van der Waals surface area (Å²) in [7, 11) is 0. The van der Waals surface area contributed by atoms with Crippen LogP contribution in [-0.4, -0.2) is 15.0 Å². The van der Waals surface area contributed by atoms with Crippen LogP contribution < -0.4 is 9.88 Å². The van der Waals surface area contributed by atoms with E-state index in [0.717, 1.165) is 59.0 Å². The Morgan fingerprint density at radius 3 is 1.76 bits per heavy atom. The van der Waals surface area contributed by atoms with Crippen molar-refractivity contribution in [3.63, 3.8) is 0 Å². The molecule has 0 unspecified atom stereocenters. The highest BCUT2D eigenvalue weighted by molar-refractivity contribution is 7.13. The topological polar surface area (TPSA) is 38.7 Å². The molecule has 2 heterocycles. The number of rotatable bonds is 6. The van der Waals surface area contributed by atoms with Crippen molar-refractivity contribution in [2.24, 2.45) is 0 Å². The predicted octanol–water partition coefficient (Wildman–Crippen LogP) is 9.13. The van der Waals surface area contributed by atoms with Crippen LogP contribution in [-0.2, 0) is 0 Å². The zero-order chi connectivity index (χ0) is 30.0. The summed E-state index contributed by atoms with van der Waals surface area (Å²) < 4.78 is 1.30. The van der Waals surface area contributed by atoms with Gasteiger partial charge in [0, 0.05) is 16.7 Å². The van der Waals surface area contributed by atoms with Crippen molar-refractivity contribution in [2.45, 2.75) is 25.7 Å². The Hall–Kier alpha value is -5.19. The number of fused-ring (bicyclic) bond motifs is 1. The molecule has 45 heavy (non-hydrogen) atoms. The van der Waals surface area contributed by atoms with Crippen LogP contribution in [0.1, 0.15) is 31.4 Å². The first kappa shape index (κ1) is 27.4. The third kappa shape index (κ3) is 5.61. The van der Waals surface area contributed by atoms with Gasteiger partial charge in [0.25, 0.3) is 0 Å². The summed E-state index contributed by atoms with van der Waals surface area (Å²) in [6, 6.07) is 42.2. The maximum atomic E-state index is 5.14. The number of hydrogen-bond acceptors (Lipinski definition) is 4. The molecule has 0 saturated heterocycles. The zero-order valence-corrected chi connectivity index (χ0v) is 25.7. The van der Waals surface area contributed by atoms with E-state index in [0.29, 0.717) is 0 Å². The van der Waals surface area contributed by atoms with Gasteiger partial charge in [0.05, 0.1) is 21.3 Å². The molecule has 0 radical (unpaired) electrons. The smallest absolute Gasteiger partial charge is 0.160 e. The monoisotopic (exact) mass is 597 g/mol. The molecule has 6 aromatic rings. The molecule has 0 bridgehead atoms. The minimum Gasteiger partial charge on any atom is -0.236 e. The van der Waals surface area contributed by atoms with Crippen LogP contribution in [0.15, 0.2) is 139 Å². The van der Waals surface area contributed by atoms with E-state index in [2.05, 4.69) is 115 Å². The quantitative estimate of drug-likeness (QED) is 0.192. The van der Waals surface area contributed by atoms with Gasteiger partial charge in [-0.3, -0.25) is 0 Å². The van der Waals surface area contributed by atoms with E-state index in [-0.39, 0.29) is 0 Å². The van der Waals surface area contributed by atoms with E-state index in [1.165, 1.54) is 43.3 Å². The third-order valence-corrected chi connectivity index (χ3v) is 9.70. The van der Waals surface area contributed by atoms with Crippen LogP contribution in [0.25, 0.3) is 61.6 Å². The maximum Gasteiger partial charge on any atom is 0.160 e. The van der Waals surface area contributed by atoms with Crippen LogP contribution in [0, 0.1) is 0 Å². The lowest BCUT2D eigenvalue weighted by atomic mass is 9.88. The van der Waals surface area contributed by atoms with Crippen LogP contribution in [0.5, 0.6) is 0 Å². The van der Waals surface area contributed by atoms with Gasteiger partial charge in [0.15, 0.2) is 5.82 Å². The Morgan fingerprint density at radius 1 is 0.489 bits per heavy atom. The molecule has 0 amide bonds. The molecule has 4 heteroatoms. The second-order valence-electron chi connectivity index (χ2n) is 11.5. The fourth-order valence-electron chi connectivity index (χ4n) is 6.21. The van der Waals surface area contributed by atoms with Crippen molar-refractivity contribution in [1.82, 2.24) is 15.0 Å². The van der Waals surface area contributed by atoms with Gasteiger partial charge in [-0.1, -0.05) is 133 Å². The summed E-state index contributed by atoms with van der Waals surface area (Å²) in [4.78, 5) is 15.3. The van der Waals surface area contributed by atoms with E-state index >= 15 is 0 Å². The molecule has 3 nitrogen and oxygen atoms in total. The van der Waals surface area contributed by atoms with Gasteiger partial charge in [0.2, 0.25) is 0 Å². The van der Waals surface area contributed by atoms with E-state index < -0.39 is 0 Å². The van der Waals surface area contributed by atoms with Gasteiger partial charge < -0.3 is 0 Å². The molecule has 0 N–H and O–H groups in total. The molecule has 2 aliphatic rings. The standard InChI is InChI=1S/C41H31N3S/c1-4-11-28(12-5-1)29-19-23-31(24-20-29)36-27-37(43-40(42-36)33-13-6-2-7-14-33)32-25-21-30(22-26-32)35-17-10-18-38-39(35)44-41(45-38)34-15-8-3-9-16-34/h1-9,11-16,18-21,23-25,27H,10,17,22,26H2. The molecule has 0 atom stereocenters. The van der Waals surface area contributed by atoms with Crippen LogP contribution in [0.2, 0.25) is 0 Å². The molecule has 4 aromatic carbocycles. The van der Waals surface area contributed by atoms with Gasteiger partial charge >= 0.3 is 0 Å². The van der Waals surface area contributed by atoms with Crippen molar-refractivity contribution < 1.29 is 0 Å². The van der Waals surface area contributed by atoms with Gasteiger partial charge in [-0.15, -0.1) is 11.3 Å². The summed E-state index contributed by atoms with van der Waals surface area (Å²) in [6.07, 6.45) is 10.9. The summed E-state index contributed by atoms with van der Waals surface area (Å²) in [6.45, 7) is 0. The molecule has 0 saturated carbocycles. The highest BCUT2D eigenvalue weighted by Gasteiger charge is 2.19. The van der Waals surface area contributed by atoms with Crippen LogP contribution >= 0.6 is 11.3 Å². The predicted molar refractivity (Wildman–Crippen MR) is 188 cm³/mol. The lowest BCUT2D eigenvalue weighted by Gasteiger charge is -2.18. The van der Waals surface area contributed by atoms with E-state index in [4.69, 9.17) is 15.0 Å². The number of nitrogens with zero attached hydrogens (tertiary/aromatic N) is 3. The fraction of sp³-hybridized carbons (Fsp3) is 0.0976. The lowest BCUT2D eigenvalue weighted by Crippen LogP contribution is -2.27. The number of aromatic nitrogens is 3. The largest absolute Gasteiger partial charge is 0.236 e. The van der Waals surface area contributed by atoms with Crippen LogP contribution in [0.4, 0.5) is 0 Å². The average Bonchev–Trinajstić information content (AvgIpc) is 3.58. The maximum absolute atomic E-state index is 5.14. The molecule has 2 aliphatic carbocycles. The van der Waals surface area contributed by atoms with Crippen molar-refractivity contribution in [1.29, 1.82) is 0 Å². The Balaban J connectivity index is 1.17. The highest BCUT2D eigenvalue weighted by atomic mass is 32.1. The SMILES string of the molecule is C1=C(C2=c3nc(-c4ccccc4)sc3=CCC2)CCC(c2cc(-c3ccc(-c4ccccc4)cc3)nc(-c3ccccc3)n2)=C1. The molecule has 2 aromatic heterocycles. The van der Waals surface area contributed by atoms with E-state index in [9.17, 15) is 0 Å². The van der Waals surface area contributed by atoms with Gasteiger partial charge in [0.1, 0.15) is 5.01 Å². The molecule has 8 rings (SSSR count). The number of allylic oxidation sites excluding steroid dienone is 4. The van der Waals surface area contributed by atoms with E-state index in [1.54, 1.807) is 11.3 Å². The first-order valence-corrected chi connectivity index (χ1v) is 16.4. The Bertz CT molecular complexity index is 2180. The second kappa shape index (κ2) is 12.1. The molecule has 216 valence electrons. The molecule has 0 aliphatic heterocycles. The summed E-state index contributed by atoms with van der Waals surface area (Å²) >= 11 is 1.80. The molecule has 0 fully saturated rings. The average molecular weight is 598 g/mol. The normalized spacial score (nSPS) is 14.3. The number of thiazole rings is 1. The first-order chi connectivity index (χ1) is 22.3. The van der Waals surface area contributed by atoms with Crippen molar-refractivity contribution in [2.75, 3.05) is 0 Å².